The average Bonchev–Trinajstić information content (AvgIpc) is 2.69. The van der Waals surface area contributed by atoms with E-state index in [0.717, 1.165) is 16.6 Å². The molecule has 0 aliphatic heterocycles. The maximum atomic E-state index is 12.3. The summed E-state index contributed by atoms with van der Waals surface area (Å²) in [6.07, 6.45) is -4.37. The van der Waals surface area contributed by atoms with Crippen LogP contribution >= 0.6 is 0 Å². The van der Waals surface area contributed by atoms with Gasteiger partial charge in [-0.2, -0.15) is 13.2 Å². The van der Waals surface area contributed by atoms with E-state index < -0.39 is 12.8 Å². The third kappa shape index (κ3) is 5.17. The summed E-state index contributed by atoms with van der Waals surface area (Å²) in [5, 5.41) is 10.2. The van der Waals surface area contributed by atoms with Crippen molar-refractivity contribution in [2.24, 2.45) is 0 Å². The summed E-state index contributed by atoms with van der Waals surface area (Å²) in [6, 6.07) is 17.1. The second kappa shape index (κ2) is 8.99. The number of hydrogen-bond acceptors (Lipinski definition) is 5. The summed E-state index contributed by atoms with van der Waals surface area (Å²) in [6.45, 7) is -1.34. The van der Waals surface area contributed by atoms with Crippen molar-refractivity contribution in [3.05, 3.63) is 54.6 Å². The van der Waals surface area contributed by atoms with Crippen LogP contribution in [0.5, 0.6) is 0 Å². The van der Waals surface area contributed by atoms with Crippen molar-refractivity contribution in [2.45, 2.75) is 6.18 Å². The van der Waals surface area contributed by atoms with Crippen molar-refractivity contribution in [1.82, 2.24) is 9.97 Å². The van der Waals surface area contributed by atoms with Gasteiger partial charge < -0.3 is 14.7 Å². The van der Waals surface area contributed by atoms with Gasteiger partial charge >= 0.3 is 6.18 Å². The fourth-order valence-corrected chi connectivity index (χ4v) is 2.82. The summed E-state index contributed by atoms with van der Waals surface area (Å²) < 4.78 is 41.5. The van der Waals surface area contributed by atoms with Crippen LogP contribution in [0.2, 0.25) is 0 Å². The Kier molecular flexibility index (Phi) is 6.43. The predicted octanol–water partition coefficient (Wildman–Crippen LogP) is 3.67. The predicted molar refractivity (Wildman–Crippen MR) is 101 cm³/mol. The lowest BCUT2D eigenvalue weighted by Gasteiger charge is -2.23. The van der Waals surface area contributed by atoms with Gasteiger partial charge in [-0.15, -0.1) is 0 Å². The fraction of sp³-hybridized carbons (Fsp3) is 0.300. The van der Waals surface area contributed by atoms with Gasteiger partial charge in [-0.1, -0.05) is 48.5 Å². The highest BCUT2D eigenvalue weighted by Gasteiger charge is 2.27. The number of hydrogen-bond donors (Lipinski definition) is 1. The van der Waals surface area contributed by atoms with E-state index in [9.17, 15) is 18.3 Å². The van der Waals surface area contributed by atoms with Crippen LogP contribution in [0, 0.1) is 0 Å². The SMILES string of the molecule is OCCN(CCOCC(F)(F)F)c1nc(-c2ccccc2)c2ccccc2n1. The number of aliphatic hydroxyl groups excluding tert-OH is 1. The van der Waals surface area contributed by atoms with Gasteiger partial charge in [-0.3, -0.25) is 0 Å². The number of rotatable bonds is 8. The van der Waals surface area contributed by atoms with Crippen molar-refractivity contribution in [3.63, 3.8) is 0 Å². The Morgan fingerprint density at radius 2 is 1.64 bits per heavy atom. The maximum Gasteiger partial charge on any atom is 0.411 e. The normalized spacial score (nSPS) is 11.7. The average molecular weight is 391 g/mol. The minimum Gasteiger partial charge on any atom is -0.395 e. The summed E-state index contributed by atoms with van der Waals surface area (Å²) in [5.74, 6) is 0.335. The molecule has 5 nitrogen and oxygen atoms in total. The maximum absolute atomic E-state index is 12.3. The van der Waals surface area contributed by atoms with E-state index in [-0.39, 0.29) is 26.3 Å². The Labute approximate surface area is 160 Å². The molecule has 28 heavy (non-hydrogen) atoms. The van der Waals surface area contributed by atoms with E-state index in [4.69, 9.17) is 4.74 Å². The summed E-state index contributed by atoms with van der Waals surface area (Å²) in [5.41, 5.74) is 2.34. The molecule has 0 saturated heterocycles. The smallest absolute Gasteiger partial charge is 0.395 e. The van der Waals surface area contributed by atoms with Gasteiger partial charge in [0.1, 0.15) is 6.61 Å². The number of halogens is 3. The Morgan fingerprint density at radius 3 is 2.36 bits per heavy atom. The van der Waals surface area contributed by atoms with Crippen LogP contribution in [0.3, 0.4) is 0 Å². The van der Waals surface area contributed by atoms with Crippen LogP contribution in [0.15, 0.2) is 54.6 Å². The van der Waals surface area contributed by atoms with E-state index in [1.807, 2.05) is 54.6 Å². The molecular formula is C20H20F3N3O2. The van der Waals surface area contributed by atoms with E-state index >= 15 is 0 Å². The third-order valence-electron chi connectivity index (χ3n) is 4.06. The van der Waals surface area contributed by atoms with Gasteiger partial charge in [0.2, 0.25) is 5.95 Å². The zero-order valence-electron chi connectivity index (χ0n) is 15.1. The van der Waals surface area contributed by atoms with Gasteiger partial charge in [0.15, 0.2) is 0 Å². The summed E-state index contributed by atoms with van der Waals surface area (Å²) in [7, 11) is 0. The summed E-state index contributed by atoms with van der Waals surface area (Å²) >= 11 is 0. The van der Waals surface area contributed by atoms with E-state index in [1.54, 1.807) is 4.90 Å². The van der Waals surface area contributed by atoms with Gasteiger partial charge in [0, 0.05) is 24.0 Å². The largest absolute Gasteiger partial charge is 0.411 e. The lowest BCUT2D eigenvalue weighted by atomic mass is 10.1. The standard InChI is InChI=1S/C20H20F3N3O2/c21-20(22,23)14-28-13-11-26(10-12-27)19-24-17-9-5-4-8-16(17)18(25-19)15-6-2-1-3-7-15/h1-9,27H,10-14H2. The lowest BCUT2D eigenvalue weighted by molar-refractivity contribution is -0.173. The van der Waals surface area contributed by atoms with E-state index in [1.165, 1.54) is 0 Å². The number of para-hydroxylation sites is 1. The molecule has 0 fully saturated rings. The van der Waals surface area contributed by atoms with Crippen LogP contribution in [0.25, 0.3) is 22.2 Å². The first-order chi connectivity index (χ1) is 13.5. The fourth-order valence-electron chi connectivity index (χ4n) is 2.82. The Morgan fingerprint density at radius 1 is 0.929 bits per heavy atom. The molecule has 0 unspecified atom stereocenters. The molecular weight excluding hydrogens is 371 g/mol. The molecule has 1 N–H and O–H groups in total. The number of aliphatic hydroxyl groups is 1. The van der Waals surface area contributed by atoms with Crippen molar-refractivity contribution in [3.8, 4) is 11.3 Å². The Bertz CT molecular complexity index is 904. The molecule has 0 saturated carbocycles. The molecule has 0 spiro atoms. The summed E-state index contributed by atoms with van der Waals surface area (Å²) in [4.78, 5) is 10.8. The number of aromatic nitrogens is 2. The van der Waals surface area contributed by atoms with Gasteiger partial charge in [0.05, 0.1) is 24.4 Å². The topological polar surface area (TPSA) is 58.5 Å². The zero-order chi connectivity index (χ0) is 20.0. The van der Waals surface area contributed by atoms with Crippen molar-refractivity contribution >= 4 is 16.9 Å². The second-order valence-electron chi connectivity index (χ2n) is 6.13. The molecule has 2 aromatic carbocycles. The molecule has 3 rings (SSSR count). The van der Waals surface area contributed by atoms with Gasteiger partial charge in [0.25, 0.3) is 0 Å². The van der Waals surface area contributed by atoms with Gasteiger partial charge in [-0.05, 0) is 6.07 Å². The van der Waals surface area contributed by atoms with Crippen LogP contribution in [0.4, 0.5) is 19.1 Å². The highest BCUT2D eigenvalue weighted by molar-refractivity contribution is 5.93. The van der Waals surface area contributed by atoms with Crippen molar-refractivity contribution < 1.29 is 23.0 Å². The molecule has 8 heteroatoms. The molecule has 148 valence electrons. The molecule has 1 heterocycles. The number of fused-ring (bicyclic) bond motifs is 1. The minimum atomic E-state index is -4.37. The Balaban J connectivity index is 1.91. The zero-order valence-corrected chi connectivity index (χ0v) is 15.1. The number of anilines is 1. The first-order valence-corrected chi connectivity index (χ1v) is 8.80. The highest BCUT2D eigenvalue weighted by atomic mass is 19.4. The number of ether oxygens (including phenoxy) is 1. The van der Waals surface area contributed by atoms with E-state index in [2.05, 4.69) is 9.97 Å². The van der Waals surface area contributed by atoms with Gasteiger partial charge in [-0.25, -0.2) is 9.97 Å². The molecule has 0 atom stereocenters. The van der Waals surface area contributed by atoms with Crippen LogP contribution < -0.4 is 4.90 Å². The molecule has 1 aromatic heterocycles. The van der Waals surface area contributed by atoms with Crippen molar-refractivity contribution in [1.29, 1.82) is 0 Å². The van der Waals surface area contributed by atoms with Crippen LogP contribution in [-0.4, -0.2) is 54.2 Å². The molecule has 0 radical (unpaired) electrons. The minimum absolute atomic E-state index is 0.128. The molecule has 0 aliphatic rings. The Hall–Kier alpha value is -2.71. The van der Waals surface area contributed by atoms with E-state index in [0.29, 0.717) is 11.5 Å². The third-order valence-corrected chi connectivity index (χ3v) is 4.06. The highest BCUT2D eigenvalue weighted by Crippen LogP contribution is 2.28. The number of alkyl halides is 3. The molecule has 0 amide bonds. The first kappa shape index (κ1) is 20.0. The number of nitrogens with zero attached hydrogens (tertiary/aromatic N) is 3. The monoisotopic (exact) mass is 391 g/mol. The first-order valence-electron chi connectivity index (χ1n) is 8.80. The van der Waals surface area contributed by atoms with Crippen LogP contribution in [0.1, 0.15) is 0 Å². The molecule has 0 aliphatic carbocycles. The number of benzene rings is 2. The van der Waals surface area contributed by atoms with Crippen LogP contribution in [-0.2, 0) is 4.74 Å². The molecule has 0 bridgehead atoms. The lowest BCUT2D eigenvalue weighted by Crippen LogP contribution is -2.33. The quantitative estimate of drug-likeness (QED) is 0.594. The second-order valence-corrected chi connectivity index (χ2v) is 6.13. The van der Waals surface area contributed by atoms with Crippen molar-refractivity contribution in [2.75, 3.05) is 37.8 Å². The molecule has 3 aromatic rings.